The van der Waals surface area contributed by atoms with Crippen LogP contribution < -0.4 is 18.9 Å². The number of nitriles is 2. The Labute approximate surface area is 434 Å². The third-order valence-electron chi connectivity index (χ3n) is 14.8. The monoisotopic (exact) mass is 972 g/mol. The summed E-state index contributed by atoms with van der Waals surface area (Å²) in [4.78, 5) is 0. The quantitative estimate of drug-likeness (QED) is 0.113. The molecule has 0 amide bonds. The number of hydrogen-bond donors (Lipinski definition) is 0. The molecule has 8 heteroatoms. The second kappa shape index (κ2) is 18.9. The summed E-state index contributed by atoms with van der Waals surface area (Å²) in [6.07, 6.45) is 0. The summed E-state index contributed by atoms with van der Waals surface area (Å²) in [6, 6.07) is 80.5. The van der Waals surface area contributed by atoms with Gasteiger partial charge >= 0.3 is 0 Å². The van der Waals surface area contributed by atoms with Crippen LogP contribution in [-0.2, 0) is 5.41 Å². The zero-order valence-electron chi connectivity index (χ0n) is 41.7. The number of benzene rings is 10. The van der Waals surface area contributed by atoms with E-state index in [-0.39, 0.29) is 0 Å². The molecule has 0 saturated heterocycles. The fourth-order valence-corrected chi connectivity index (χ4v) is 11.0. The molecule has 10 aromatic carbocycles. The first-order valence-corrected chi connectivity index (χ1v) is 24.6. The van der Waals surface area contributed by atoms with Gasteiger partial charge in [-0.1, -0.05) is 97.1 Å². The Bertz CT molecular complexity index is 3800. The number of fused-ring (bicyclic) bond motifs is 6. The maximum absolute atomic E-state index is 9.58. The summed E-state index contributed by atoms with van der Waals surface area (Å²) >= 11 is 0. The van der Waals surface area contributed by atoms with Gasteiger partial charge in [0.25, 0.3) is 0 Å². The lowest BCUT2D eigenvalue weighted by molar-refractivity contribution is 0.415. The van der Waals surface area contributed by atoms with Gasteiger partial charge in [0.05, 0.1) is 79.2 Å². The van der Waals surface area contributed by atoms with E-state index >= 15 is 0 Å². The van der Waals surface area contributed by atoms with Crippen LogP contribution in [0, 0.1) is 22.7 Å². The van der Waals surface area contributed by atoms with Crippen LogP contribution in [0.3, 0.4) is 0 Å². The van der Waals surface area contributed by atoms with Crippen LogP contribution in [0.1, 0.15) is 33.4 Å². The molecule has 0 spiro atoms. The molecule has 2 heterocycles. The molecule has 2 aromatic heterocycles. The van der Waals surface area contributed by atoms with Crippen molar-refractivity contribution in [3.63, 3.8) is 0 Å². The van der Waals surface area contributed by atoms with Crippen LogP contribution in [0.2, 0.25) is 0 Å². The van der Waals surface area contributed by atoms with E-state index in [2.05, 4.69) is 167 Å². The molecule has 0 fully saturated rings. The minimum Gasteiger partial charge on any atom is -0.497 e. The summed E-state index contributed by atoms with van der Waals surface area (Å²) in [5, 5.41) is 23.4. The minimum absolute atomic E-state index is 0.617. The second-order valence-electron chi connectivity index (χ2n) is 18.6. The van der Waals surface area contributed by atoms with Gasteiger partial charge in [0, 0.05) is 32.9 Å². The van der Waals surface area contributed by atoms with Gasteiger partial charge in [-0.3, -0.25) is 0 Å². The van der Waals surface area contributed by atoms with E-state index in [1.807, 2.05) is 72.8 Å². The van der Waals surface area contributed by atoms with Crippen molar-refractivity contribution in [3.8, 4) is 68.8 Å². The SMILES string of the molecule is COc1ccc2c(c1)c1cc(OC)ccc1n2-c1ccc(C(c2ccc(-c3ccc(C#N)cc3)cc2)(c2ccc(-c3ccc(C#N)cc3)cc2)c2ccc(-n3c4ccc(OC)cc4c4cc(OC)ccc43)cc2)cc1. The third kappa shape index (κ3) is 7.76. The van der Waals surface area contributed by atoms with Crippen molar-refractivity contribution in [2.45, 2.75) is 5.41 Å². The van der Waals surface area contributed by atoms with Crippen LogP contribution >= 0.6 is 0 Å². The summed E-state index contributed by atoms with van der Waals surface area (Å²) in [6.45, 7) is 0. The number of ether oxygens (including phenoxy) is 4. The molecule has 0 aliphatic heterocycles. The summed E-state index contributed by atoms with van der Waals surface area (Å²) < 4.78 is 27.5. The Balaban J connectivity index is 1.09. The molecular formula is C67H48N4O4. The molecule has 360 valence electrons. The van der Waals surface area contributed by atoms with Crippen molar-refractivity contribution in [2.75, 3.05) is 28.4 Å². The minimum atomic E-state index is -0.855. The smallest absolute Gasteiger partial charge is 0.119 e. The maximum Gasteiger partial charge on any atom is 0.119 e. The molecule has 0 atom stereocenters. The molecule has 12 aromatic rings. The molecule has 8 nitrogen and oxygen atoms in total. The van der Waals surface area contributed by atoms with Crippen LogP contribution in [0.5, 0.6) is 23.0 Å². The number of methoxy groups -OCH3 is 4. The first kappa shape index (κ1) is 46.1. The third-order valence-corrected chi connectivity index (χ3v) is 14.8. The highest BCUT2D eigenvalue weighted by molar-refractivity contribution is 6.11. The second-order valence-corrected chi connectivity index (χ2v) is 18.6. The number of aromatic nitrogens is 2. The van der Waals surface area contributed by atoms with Crippen molar-refractivity contribution in [1.29, 1.82) is 10.5 Å². The van der Waals surface area contributed by atoms with Crippen LogP contribution in [0.4, 0.5) is 0 Å². The Kier molecular flexibility index (Phi) is 11.6. The van der Waals surface area contributed by atoms with Gasteiger partial charge < -0.3 is 28.1 Å². The normalized spacial score (nSPS) is 11.4. The van der Waals surface area contributed by atoms with E-state index in [0.717, 1.165) is 122 Å². The largest absolute Gasteiger partial charge is 0.497 e. The van der Waals surface area contributed by atoms with Gasteiger partial charge in [-0.05, 0) is 166 Å². The van der Waals surface area contributed by atoms with E-state index < -0.39 is 5.41 Å². The van der Waals surface area contributed by atoms with Crippen molar-refractivity contribution in [1.82, 2.24) is 9.13 Å². The maximum atomic E-state index is 9.58. The van der Waals surface area contributed by atoms with Crippen LogP contribution in [0.25, 0.3) is 77.2 Å². The highest BCUT2D eigenvalue weighted by Crippen LogP contribution is 2.48. The predicted octanol–water partition coefficient (Wildman–Crippen LogP) is 15.4. The van der Waals surface area contributed by atoms with Crippen LogP contribution in [0.15, 0.2) is 218 Å². The molecule has 0 aliphatic rings. The number of nitrogens with zero attached hydrogens (tertiary/aromatic N) is 4. The van der Waals surface area contributed by atoms with E-state index in [4.69, 9.17) is 18.9 Å². The Morgan fingerprint density at radius 3 is 0.787 bits per heavy atom. The van der Waals surface area contributed by atoms with Crippen molar-refractivity contribution in [3.05, 3.63) is 252 Å². The molecule has 0 bridgehead atoms. The van der Waals surface area contributed by atoms with Gasteiger partial charge in [-0.25, -0.2) is 0 Å². The van der Waals surface area contributed by atoms with Gasteiger partial charge in [0.15, 0.2) is 0 Å². The van der Waals surface area contributed by atoms with Gasteiger partial charge in [-0.2, -0.15) is 10.5 Å². The zero-order valence-corrected chi connectivity index (χ0v) is 41.7. The van der Waals surface area contributed by atoms with E-state index in [1.54, 1.807) is 28.4 Å². The van der Waals surface area contributed by atoms with Gasteiger partial charge in [0.2, 0.25) is 0 Å². The lowest BCUT2D eigenvalue weighted by atomic mass is 9.65. The first-order chi connectivity index (χ1) is 36.8. The zero-order chi connectivity index (χ0) is 51.2. The Hall–Kier alpha value is -10.0. The first-order valence-electron chi connectivity index (χ1n) is 24.6. The van der Waals surface area contributed by atoms with Crippen LogP contribution in [-0.4, -0.2) is 37.6 Å². The molecular weight excluding hydrogens is 925 g/mol. The molecule has 12 rings (SSSR count). The number of rotatable bonds is 12. The average molecular weight is 973 g/mol. The highest BCUT2D eigenvalue weighted by atomic mass is 16.5. The lowest BCUT2D eigenvalue weighted by Gasteiger charge is -2.37. The highest BCUT2D eigenvalue weighted by Gasteiger charge is 2.39. The van der Waals surface area contributed by atoms with E-state index in [0.29, 0.717) is 11.1 Å². The summed E-state index contributed by atoms with van der Waals surface area (Å²) in [7, 11) is 6.78. The standard InChI is InChI=1S/C67H48N4O4/c1-72-55-29-33-63-59(37-55)60-38-56(73-2)30-34-64(60)70(63)53-25-21-51(22-26-53)67(49-17-13-47(14-18-49)45-9-5-43(41-68)6-10-45,50-19-15-48(16-20-50)46-11-7-44(42-69)8-12-46)52-23-27-54(28-24-52)71-65-35-31-57(74-3)39-61(65)62-40-58(75-4)32-36-66(62)71/h5-40H,1-4H3. The van der Waals surface area contributed by atoms with E-state index in [9.17, 15) is 10.5 Å². The topological polar surface area (TPSA) is 94.4 Å². The summed E-state index contributed by atoms with van der Waals surface area (Å²) in [5.41, 5.74) is 15.0. The van der Waals surface area contributed by atoms with Gasteiger partial charge in [0.1, 0.15) is 23.0 Å². The lowest BCUT2D eigenvalue weighted by Crippen LogP contribution is -2.31. The molecule has 75 heavy (non-hydrogen) atoms. The molecule has 0 aliphatic carbocycles. The Morgan fingerprint density at radius 1 is 0.307 bits per heavy atom. The fraction of sp³-hybridized carbons (Fsp3) is 0.0746. The predicted molar refractivity (Wildman–Crippen MR) is 300 cm³/mol. The number of hydrogen-bond acceptors (Lipinski definition) is 6. The average Bonchev–Trinajstić information content (AvgIpc) is 4.01. The van der Waals surface area contributed by atoms with Crippen molar-refractivity contribution in [2.24, 2.45) is 0 Å². The summed E-state index contributed by atoms with van der Waals surface area (Å²) in [5.74, 6) is 3.13. The van der Waals surface area contributed by atoms with Crippen molar-refractivity contribution < 1.29 is 18.9 Å². The van der Waals surface area contributed by atoms with Crippen molar-refractivity contribution >= 4 is 43.6 Å². The molecule has 0 unspecified atom stereocenters. The van der Waals surface area contributed by atoms with Gasteiger partial charge in [-0.15, -0.1) is 0 Å². The fourth-order valence-electron chi connectivity index (χ4n) is 11.0. The molecule has 0 radical (unpaired) electrons. The Morgan fingerprint density at radius 2 is 0.547 bits per heavy atom. The molecule has 0 N–H and O–H groups in total. The van der Waals surface area contributed by atoms with E-state index in [1.165, 1.54) is 0 Å². The molecule has 0 saturated carbocycles.